The van der Waals surface area contributed by atoms with Crippen LogP contribution in [0.15, 0.2) is 18.2 Å². The minimum atomic E-state index is -0.172. The number of ketones is 1. The summed E-state index contributed by atoms with van der Waals surface area (Å²) in [6.45, 7) is 1.32. The average molecular weight is 256 g/mol. The van der Waals surface area contributed by atoms with E-state index in [0.717, 1.165) is 0 Å². The van der Waals surface area contributed by atoms with Gasteiger partial charge in [0, 0.05) is 19.1 Å². The van der Waals surface area contributed by atoms with E-state index in [1.165, 1.54) is 17.9 Å². The molecule has 0 N–H and O–H groups in total. The molecule has 1 amide bonds. The lowest BCUT2D eigenvalue weighted by Crippen LogP contribution is -2.27. The smallest absolute Gasteiger partial charge is 0.259 e. The monoisotopic (exact) mass is 255 g/mol. The maximum absolute atomic E-state index is 11.4. The first-order valence-electron chi connectivity index (χ1n) is 5.05. The lowest BCUT2D eigenvalue weighted by Gasteiger charge is -2.13. The SMILES string of the molecule is CC(=O)c1cc(Cl)ccc1OCC(=O)N(C)C. The number of hydrogen-bond acceptors (Lipinski definition) is 3. The van der Waals surface area contributed by atoms with E-state index in [0.29, 0.717) is 16.3 Å². The largest absolute Gasteiger partial charge is 0.483 e. The van der Waals surface area contributed by atoms with Gasteiger partial charge in [-0.05, 0) is 25.1 Å². The number of ether oxygens (including phenoxy) is 1. The molecule has 1 aromatic carbocycles. The Kier molecular flexibility index (Phi) is 4.52. The molecule has 0 aliphatic carbocycles. The Morgan fingerprint density at radius 1 is 1.35 bits per heavy atom. The Hall–Kier alpha value is -1.55. The summed E-state index contributed by atoms with van der Waals surface area (Å²) in [6, 6.07) is 4.73. The lowest BCUT2D eigenvalue weighted by atomic mass is 10.1. The molecule has 0 saturated carbocycles. The zero-order valence-corrected chi connectivity index (χ0v) is 10.7. The number of halogens is 1. The van der Waals surface area contributed by atoms with Crippen molar-refractivity contribution in [2.45, 2.75) is 6.92 Å². The molecule has 0 heterocycles. The van der Waals surface area contributed by atoms with Crippen LogP contribution < -0.4 is 4.74 Å². The highest BCUT2D eigenvalue weighted by molar-refractivity contribution is 6.31. The van der Waals surface area contributed by atoms with Gasteiger partial charge in [-0.15, -0.1) is 0 Å². The van der Waals surface area contributed by atoms with E-state index >= 15 is 0 Å². The van der Waals surface area contributed by atoms with Crippen LogP contribution >= 0.6 is 11.6 Å². The number of nitrogens with zero attached hydrogens (tertiary/aromatic N) is 1. The molecule has 4 nitrogen and oxygen atoms in total. The summed E-state index contributed by atoms with van der Waals surface area (Å²) in [5.41, 5.74) is 0.379. The van der Waals surface area contributed by atoms with Crippen LogP contribution in [0.5, 0.6) is 5.75 Å². The van der Waals surface area contributed by atoms with E-state index < -0.39 is 0 Å². The summed E-state index contributed by atoms with van der Waals surface area (Å²) in [6.07, 6.45) is 0. The zero-order valence-electron chi connectivity index (χ0n) is 9.99. The molecule has 0 aliphatic heterocycles. The summed E-state index contributed by atoms with van der Waals surface area (Å²) in [7, 11) is 3.28. The minimum absolute atomic E-state index is 0.102. The van der Waals surface area contributed by atoms with Crippen LogP contribution in [0.1, 0.15) is 17.3 Å². The molecule has 0 saturated heterocycles. The van der Waals surface area contributed by atoms with Gasteiger partial charge in [0.2, 0.25) is 0 Å². The summed E-state index contributed by atoms with van der Waals surface area (Å²) in [5, 5.41) is 0.460. The van der Waals surface area contributed by atoms with Crippen molar-refractivity contribution in [2.75, 3.05) is 20.7 Å². The first kappa shape index (κ1) is 13.5. The standard InChI is InChI=1S/C12H14ClNO3/c1-8(15)10-6-9(13)4-5-11(10)17-7-12(16)14(2)3/h4-6H,7H2,1-3H3. The van der Waals surface area contributed by atoms with Crippen molar-refractivity contribution < 1.29 is 14.3 Å². The maximum atomic E-state index is 11.4. The van der Waals surface area contributed by atoms with Crippen molar-refractivity contribution in [3.63, 3.8) is 0 Å². The molecule has 0 atom stereocenters. The van der Waals surface area contributed by atoms with E-state index in [-0.39, 0.29) is 18.3 Å². The molecular weight excluding hydrogens is 242 g/mol. The average Bonchev–Trinajstić information content (AvgIpc) is 2.26. The number of benzene rings is 1. The highest BCUT2D eigenvalue weighted by Crippen LogP contribution is 2.23. The van der Waals surface area contributed by atoms with Gasteiger partial charge < -0.3 is 9.64 Å². The fourth-order valence-corrected chi connectivity index (χ4v) is 1.34. The van der Waals surface area contributed by atoms with Gasteiger partial charge in [0.15, 0.2) is 12.4 Å². The second kappa shape index (κ2) is 5.68. The molecule has 17 heavy (non-hydrogen) atoms. The summed E-state index contributed by atoms with van der Waals surface area (Å²) >= 11 is 5.79. The number of Topliss-reactive ketones (excluding diaryl/α,β-unsaturated/α-hetero) is 1. The Morgan fingerprint density at radius 3 is 2.53 bits per heavy atom. The van der Waals surface area contributed by atoms with Crippen molar-refractivity contribution in [2.24, 2.45) is 0 Å². The third-order valence-corrected chi connectivity index (χ3v) is 2.41. The molecule has 0 aromatic heterocycles. The van der Waals surface area contributed by atoms with E-state index in [4.69, 9.17) is 16.3 Å². The van der Waals surface area contributed by atoms with Crippen LogP contribution in [0, 0.1) is 0 Å². The van der Waals surface area contributed by atoms with E-state index in [1.807, 2.05) is 0 Å². The van der Waals surface area contributed by atoms with E-state index in [9.17, 15) is 9.59 Å². The second-order valence-corrected chi connectivity index (χ2v) is 4.21. The fraction of sp³-hybridized carbons (Fsp3) is 0.333. The number of carbonyl (C=O) groups is 2. The van der Waals surface area contributed by atoms with Gasteiger partial charge in [0.1, 0.15) is 5.75 Å². The van der Waals surface area contributed by atoms with Crippen LogP contribution in [0.4, 0.5) is 0 Å². The highest BCUT2D eigenvalue weighted by Gasteiger charge is 2.11. The van der Waals surface area contributed by atoms with Crippen molar-refractivity contribution in [1.82, 2.24) is 4.90 Å². The van der Waals surface area contributed by atoms with Crippen molar-refractivity contribution in [1.29, 1.82) is 0 Å². The van der Waals surface area contributed by atoms with Crippen molar-refractivity contribution in [3.05, 3.63) is 28.8 Å². The number of carbonyl (C=O) groups excluding carboxylic acids is 2. The molecule has 92 valence electrons. The van der Waals surface area contributed by atoms with Gasteiger partial charge in [-0.1, -0.05) is 11.6 Å². The van der Waals surface area contributed by atoms with E-state index in [1.54, 1.807) is 26.2 Å². The highest BCUT2D eigenvalue weighted by atomic mass is 35.5. The molecular formula is C12H14ClNO3. The molecule has 5 heteroatoms. The van der Waals surface area contributed by atoms with Crippen LogP contribution in [-0.2, 0) is 4.79 Å². The third kappa shape index (κ3) is 3.75. The number of amides is 1. The fourth-order valence-electron chi connectivity index (χ4n) is 1.17. The normalized spacial score (nSPS) is 9.88. The first-order valence-corrected chi connectivity index (χ1v) is 5.43. The quantitative estimate of drug-likeness (QED) is 0.774. The number of rotatable bonds is 4. The van der Waals surface area contributed by atoms with Gasteiger partial charge in [-0.25, -0.2) is 0 Å². The van der Waals surface area contributed by atoms with Crippen molar-refractivity contribution in [3.8, 4) is 5.75 Å². The Balaban J connectivity index is 2.84. The van der Waals surface area contributed by atoms with Crippen molar-refractivity contribution >= 4 is 23.3 Å². The lowest BCUT2D eigenvalue weighted by molar-refractivity contribution is -0.130. The summed E-state index contributed by atoms with van der Waals surface area (Å²) < 4.78 is 5.31. The predicted molar refractivity (Wildman–Crippen MR) is 65.6 cm³/mol. The first-order chi connectivity index (χ1) is 7.91. The van der Waals surface area contributed by atoms with Gasteiger partial charge >= 0.3 is 0 Å². The zero-order chi connectivity index (χ0) is 13.0. The molecule has 0 fully saturated rings. The topological polar surface area (TPSA) is 46.6 Å². The van der Waals surface area contributed by atoms with Crippen LogP contribution in [0.25, 0.3) is 0 Å². The summed E-state index contributed by atoms with van der Waals surface area (Å²) in [4.78, 5) is 24.1. The second-order valence-electron chi connectivity index (χ2n) is 3.77. The van der Waals surface area contributed by atoms with Crippen LogP contribution in [0.2, 0.25) is 5.02 Å². The molecule has 0 spiro atoms. The molecule has 0 bridgehead atoms. The van der Waals surface area contributed by atoms with E-state index in [2.05, 4.69) is 0 Å². The van der Waals surface area contributed by atoms with Crippen LogP contribution in [-0.4, -0.2) is 37.3 Å². The molecule has 1 rings (SSSR count). The maximum Gasteiger partial charge on any atom is 0.259 e. The number of hydrogen-bond donors (Lipinski definition) is 0. The number of likely N-dealkylation sites (N-methyl/N-ethyl adjacent to an activating group) is 1. The minimum Gasteiger partial charge on any atom is -0.483 e. The van der Waals surface area contributed by atoms with Gasteiger partial charge in [-0.3, -0.25) is 9.59 Å². The molecule has 1 aromatic rings. The van der Waals surface area contributed by atoms with Crippen LogP contribution in [0.3, 0.4) is 0 Å². The Labute approximate surface area is 105 Å². The molecule has 0 unspecified atom stereocenters. The van der Waals surface area contributed by atoms with Gasteiger partial charge in [-0.2, -0.15) is 0 Å². The van der Waals surface area contributed by atoms with Gasteiger partial charge in [0.25, 0.3) is 5.91 Å². The van der Waals surface area contributed by atoms with Gasteiger partial charge in [0.05, 0.1) is 5.56 Å². The summed E-state index contributed by atoms with van der Waals surface area (Å²) in [5.74, 6) is 0.0476. The Morgan fingerprint density at radius 2 is 2.00 bits per heavy atom. The molecule has 0 radical (unpaired) electrons. The molecule has 0 aliphatic rings. The predicted octanol–water partition coefficient (Wildman–Crippen LogP) is 2.01. The Bertz CT molecular complexity index is 443. The third-order valence-electron chi connectivity index (χ3n) is 2.17.